The third kappa shape index (κ3) is 4.10. The number of rotatable bonds is 6. The van der Waals surface area contributed by atoms with Crippen molar-refractivity contribution in [3.8, 4) is 22.1 Å². The summed E-state index contributed by atoms with van der Waals surface area (Å²) in [7, 11) is 3.40. The van der Waals surface area contributed by atoms with Crippen LogP contribution in [0.15, 0.2) is 48.5 Å². The first-order valence-electron chi connectivity index (χ1n) is 9.34. The summed E-state index contributed by atoms with van der Waals surface area (Å²) in [4.78, 5) is 4.76. The standard InChI is InChI=1S/C21H24N4O2S/c1-26-18-8-9-19(27-2)17(14-18)15-24-10-12-25(13-11-24)21-23-22-20(28-21)16-6-4-3-5-7-16/h3-9,14H,10-13,15H2,1-2H3. The number of anilines is 1. The van der Waals surface area contributed by atoms with Crippen molar-refractivity contribution < 1.29 is 9.47 Å². The average molecular weight is 397 g/mol. The van der Waals surface area contributed by atoms with Gasteiger partial charge in [-0.1, -0.05) is 41.7 Å². The fourth-order valence-electron chi connectivity index (χ4n) is 3.38. The number of piperazine rings is 1. The second kappa shape index (κ2) is 8.58. The van der Waals surface area contributed by atoms with E-state index < -0.39 is 0 Å². The van der Waals surface area contributed by atoms with E-state index in [1.165, 1.54) is 0 Å². The number of aromatic nitrogens is 2. The molecule has 1 aliphatic rings. The summed E-state index contributed by atoms with van der Waals surface area (Å²) in [6.07, 6.45) is 0. The molecule has 28 heavy (non-hydrogen) atoms. The molecule has 0 radical (unpaired) electrons. The average Bonchev–Trinajstić information content (AvgIpc) is 3.25. The Labute approximate surface area is 169 Å². The van der Waals surface area contributed by atoms with Gasteiger partial charge in [-0.15, -0.1) is 10.2 Å². The predicted molar refractivity (Wildman–Crippen MR) is 112 cm³/mol. The van der Waals surface area contributed by atoms with E-state index in [0.29, 0.717) is 0 Å². The molecule has 0 atom stereocenters. The third-order valence-corrected chi connectivity index (χ3v) is 5.99. The maximum atomic E-state index is 5.51. The number of nitrogens with zero attached hydrogens (tertiary/aromatic N) is 4. The fourth-order valence-corrected chi connectivity index (χ4v) is 4.29. The molecule has 0 aliphatic carbocycles. The Hall–Kier alpha value is -2.64. The van der Waals surface area contributed by atoms with Crippen LogP contribution in [0, 0.1) is 0 Å². The Morgan fingerprint density at radius 3 is 2.43 bits per heavy atom. The van der Waals surface area contributed by atoms with Crippen LogP contribution < -0.4 is 14.4 Å². The molecular weight excluding hydrogens is 372 g/mol. The van der Waals surface area contributed by atoms with Gasteiger partial charge in [-0.25, -0.2) is 0 Å². The van der Waals surface area contributed by atoms with Crippen LogP contribution in [0.5, 0.6) is 11.5 Å². The third-order valence-electron chi connectivity index (χ3n) is 4.96. The molecule has 0 bridgehead atoms. The largest absolute Gasteiger partial charge is 0.497 e. The van der Waals surface area contributed by atoms with Gasteiger partial charge >= 0.3 is 0 Å². The molecule has 2 aromatic carbocycles. The van der Waals surface area contributed by atoms with Gasteiger partial charge < -0.3 is 14.4 Å². The van der Waals surface area contributed by atoms with E-state index in [1.54, 1.807) is 25.6 Å². The topological polar surface area (TPSA) is 50.7 Å². The van der Waals surface area contributed by atoms with Crippen LogP contribution in [-0.4, -0.2) is 55.5 Å². The zero-order valence-corrected chi connectivity index (χ0v) is 17.0. The molecule has 1 aliphatic heterocycles. The van der Waals surface area contributed by atoms with Crippen LogP contribution in [0.1, 0.15) is 5.56 Å². The Morgan fingerprint density at radius 2 is 1.71 bits per heavy atom. The number of ether oxygens (including phenoxy) is 2. The molecule has 0 saturated carbocycles. The van der Waals surface area contributed by atoms with Crippen molar-refractivity contribution in [2.75, 3.05) is 45.3 Å². The molecule has 6 nitrogen and oxygen atoms in total. The molecule has 7 heteroatoms. The second-order valence-electron chi connectivity index (χ2n) is 6.70. The number of benzene rings is 2. The summed E-state index contributed by atoms with van der Waals surface area (Å²) < 4.78 is 10.9. The van der Waals surface area contributed by atoms with Gasteiger partial charge in [0.15, 0.2) is 0 Å². The first-order valence-corrected chi connectivity index (χ1v) is 10.2. The van der Waals surface area contributed by atoms with Crippen molar-refractivity contribution >= 4 is 16.5 Å². The predicted octanol–water partition coefficient (Wildman–Crippen LogP) is 3.54. The van der Waals surface area contributed by atoms with Crippen molar-refractivity contribution in [1.29, 1.82) is 0 Å². The molecule has 2 heterocycles. The Kier molecular flexibility index (Phi) is 5.73. The lowest BCUT2D eigenvalue weighted by Gasteiger charge is -2.34. The van der Waals surface area contributed by atoms with Crippen molar-refractivity contribution in [3.05, 3.63) is 54.1 Å². The summed E-state index contributed by atoms with van der Waals surface area (Å²) in [5, 5.41) is 10.8. The minimum Gasteiger partial charge on any atom is -0.497 e. The minimum atomic E-state index is 0.847. The maximum absolute atomic E-state index is 5.51. The van der Waals surface area contributed by atoms with Gasteiger partial charge in [0, 0.05) is 43.9 Å². The second-order valence-corrected chi connectivity index (χ2v) is 7.65. The normalized spacial score (nSPS) is 14.9. The molecule has 3 aromatic rings. The zero-order chi connectivity index (χ0) is 19.3. The number of hydrogen-bond acceptors (Lipinski definition) is 7. The minimum absolute atomic E-state index is 0.847. The van der Waals surface area contributed by atoms with E-state index in [1.807, 2.05) is 30.3 Å². The van der Waals surface area contributed by atoms with Crippen molar-refractivity contribution in [3.63, 3.8) is 0 Å². The molecule has 1 fully saturated rings. The lowest BCUT2D eigenvalue weighted by Crippen LogP contribution is -2.46. The van der Waals surface area contributed by atoms with E-state index in [-0.39, 0.29) is 0 Å². The van der Waals surface area contributed by atoms with Gasteiger partial charge in [0.2, 0.25) is 5.13 Å². The number of hydrogen-bond donors (Lipinski definition) is 0. The monoisotopic (exact) mass is 396 g/mol. The Balaban J connectivity index is 1.38. The van der Waals surface area contributed by atoms with E-state index in [0.717, 1.165) is 65.5 Å². The van der Waals surface area contributed by atoms with Gasteiger partial charge in [-0.3, -0.25) is 4.90 Å². The van der Waals surface area contributed by atoms with Crippen molar-refractivity contribution in [2.45, 2.75) is 6.54 Å². The smallest absolute Gasteiger partial charge is 0.208 e. The molecule has 1 saturated heterocycles. The summed E-state index contributed by atoms with van der Waals surface area (Å²) in [5.41, 5.74) is 2.27. The van der Waals surface area contributed by atoms with Gasteiger partial charge in [-0.05, 0) is 18.2 Å². The van der Waals surface area contributed by atoms with E-state index in [9.17, 15) is 0 Å². The SMILES string of the molecule is COc1ccc(OC)c(CN2CCN(c3nnc(-c4ccccc4)s3)CC2)c1. The Bertz CT molecular complexity index is 908. The van der Waals surface area contributed by atoms with Crippen molar-refractivity contribution in [1.82, 2.24) is 15.1 Å². The summed E-state index contributed by atoms with van der Waals surface area (Å²) >= 11 is 1.66. The van der Waals surface area contributed by atoms with Crippen LogP contribution in [-0.2, 0) is 6.54 Å². The van der Waals surface area contributed by atoms with E-state index >= 15 is 0 Å². The van der Waals surface area contributed by atoms with Gasteiger partial charge in [0.25, 0.3) is 0 Å². The maximum Gasteiger partial charge on any atom is 0.208 e. The highest BCUT2D eigenvalue weighted by molar-refractivity contribution is 7.18. The molecule has 0 amide bonds. The Morgan fingerprint density at radius 1 is 0.929 bits per heavy atom. The zero-order valence-electron chi connectivity index (χ0n) is 16.2. The molecular formula is C21H24N4O2S. The molecule has 0 N–H and O–H groups in total. The molecule has 0 spiro atoms. The number of methoxy groups -OCH3 is 2. The first-order chi connectivity index (χ1) is 13.8. The van der Waals surface area contributed by atoms with Gasteiger partial charge in [0.05, 0.1) is 14.2 Å². The molecule has 0 unspecified atom stereocenters. The van der Waals surface area contributed by atoms with Crippen LogP contribution in [0.2, 0.25) is 0 Å². The van der Waals surface area contributed by atoms with E-state index in [4.69, 9.17) is 9.47 Å². The van der Waals surface area contributed by atoms with Gasteiger partial charge in [0.1, 0.15) is 16.5 Å². The molecule has 1 aromatic heterocycles. The van der Waals surface area contributed by atoms with Crippen LogP contribution >= 0.6 is 11.3 Å². The summed E-state index contributed by atoms with van der Waals surface area (Å²) in [6.45, 7) is 4.67. The molecule has 146 valence electrons. The lowest BCUT2D eigenvalue weighted by molar-refractivity contribution is 0.245. The quantitative estimate of drug-likeness (QED) is 0.635. The summed E-state index contributed by atoms with van der Waals surface area (Å²) in [6, 6.07) is 16.2. The highest BCUT2D eigenvalue weighted by Gasteiger charge is 2.21. The highest BCUT2D eigenvalue weighted by atomic mass is 32.1. The summed E-state index contributed by atoms with van der Waals surface area (Å²) in [5.74, 6) is 1.76. The fraction of sp³-hybridized carbons (Fsp3) is 0.333. The van der Waals surface area contributed by atoms with Gasteiger partial charge in [-0.2, -0.15) is 0 Å². The highest BCUT2D eigenvalue weighted by Crippen LogP contribution is 2.30. The molecule has 4 rings (SSSR count). The first kappa shape index (κ1) is 18.7. The van der Waals surface area contributed by atoms with E-state index in [2.05, 4.69) is 38.2 Å². The lowest BCUT2D eigenvalue weighted by atomic mass is 10.1. The van der Waals surface area contributed by atoms with Crippen LogP contribution in [0.25, 0.3) is 10.6 Å². The van der Waals surface area contributed by atoms with Crippen molar-refractivity contribution in [2.24, 2.45) is 0 Å². The van der Waals surface area contributed by atoms with Crippen LogP contribution in [0.4, 0.5) is 5.13 Å². The van der Waals surface area contributed by atoms with Crippen LogP contribution in [0.3, 0.4) is 0 Å².